The van der Waals surface area contributed by atoms with E-state index in [1.54, 1.807) is 0 Å². The van der Waals surface area contributed by atoms with Gasteiger partial charge in [0.25, 0.3) is 0 Å². The summed E-state index contributed by atoms with van der Waals surface area (Å²) in [5.74, 6) is 0. The molecule has 0 unspecified atom stereocenters. The first-order valence-electron chi connectivity index (χ1n) is 22.9. The third-order valence-corrected chi connectivity index (χ3v) is 13.0. The topological polar surface area (TPSA) is 9.72 Å². The van der Waals surface area contributed by atoms with Crippen LogP contribution in [0.25, 0.3) is 54.2 Å². The summed E-state index contributed by atoms with van der Waals surface area (Å²) in [7, 11) is 0. The van der Waals surface area contributed by atoms with Gasteiger partial charge in [-0.1, -0.05) is 188 Å². The second-order valence-electron chi connectivity index (χ2n) is 16.9. The average molecular weight is 856 g/mol. The molecular formula is C64H45N3. The smallest absolute Gasteiger partial charge is 0.0540 e. The van der Waals surface area contributed by atoms with Gasteiger partial charge in [-0.3, -0.25) is 0 Å². The molecule has 0 fully saturated rings. The Hall–Kier alpha value is -8.92. The predicted molar refractivity (Wildman–Crippen MR) is 286 cm³/mol. The number of hydrogen-bond donors (Lipinski definition) is 0. The Morgan fingerprint density at radius 2 is 0.403 bits per heavy atom. The predicted octanol–water partition coefficient (Wildman–Crippen LogP) is 18.4. The Bertz CT molecular complexity index is 3310. The zero-order chi connectivity index (χ0) is 44.5. The van der Waals surface area contributed by atoms with Crippen molar-refractivity contribution in [2.75, 3.05) is 14.7 Å². The summed E-state index contributed by atoms with van der Waals surface area (Å²) < 4.78 is 0. The van der Waals surface area contributed by atoms with E-state index in [0.717, 1.165) is 51.2 Å². The van der Waals surface area contributed by atoms with Gasteiger partial charge in [0.05, 0.1) is 22.7 Å². The van der Waals surface area contributed by atoms with Crippen LogP contribution in [0.5, 0.6) is 0 Å². The van der Waals surface area contributed by atoms with Crippen molar-refractivity contribution in [1.82, 2.24) is 0 Å². The molecule has 0 amide bonds. The first-order chi connectivity index (χ1) is 33.2. The molecule has 0 bridgehead atoms. The van der Waals surface area contributed by atoms with Crippen LogP contribution in [0, 0.1) is 0 Å². The summed E-state index contributed by atoms with van der Waals surface area (Å²) in [6, 6.07) is 98.6. The molecule has 0 aliphatic heterocycles. The summed E-state index contributed by atoms with van der Waals surface area (Å²) >= 11 is 0. The van der Waals surface area contributed by atoms with Crippen molar-refractivity contribution in [3.05, 3.63) is 273 Å². The second-order valence-corrected chi connectivity index (χ2v) is 16.9. The summed E-state index contributed by atoms with van der Waals surface area (Å²) in [6.07, 6.45) is 0. The van der Waals surface area contributed by atoms with Crippen LogP contribution in [-0.2, 0) is 0 Å². The molecule has 67 heavy (non-hydrogen) atoms. The lowest BCUT2D eigenvalue weighted by Gasteiger charge is -2.31. The van der Waals surface area contributed by atoms with E-state index in [0.29, 0.717) is 0 Å². The van der Waals surface area contributed by atoms with Crippen molar-refractivity contribution >= 4 is 94.3 Å². The third kappa shape index (κ3) is 7.39. The number of rotatable bonds is 10. The fraction of sp³-hybridized carbons (Fsp3) is 0. The number of anilines is 9. The van der Waals surface area contributed by atoms with E-state index in [-0.39, 0.29) is 0 Å². The van der Waals surface area contributed by atoms with Gasteiger partial charge in [-0.25, -0.2) is 0 Å². The highest BCUT2D eigenvalue weighted by molar-refractivity contribution is 6.06. The van der Waals surface area contributed by atoms with Crippen LogP contribution in [-0.4, -0.2) is 0 Å². The molecule has 0 radical (unpaired) electrons. The summed E-state index contributed by atoms with van der Waals surface area (Å²) in [5.41, 5.74) is 12.2. The summed E-state index contributed by atoms with van der Waals surface area (Å²) in [5, 5.41) is 9.60. The minimum absolute atomic E-state index is 1.06. The van der Waals surface area contributed by atoms with Crippen molar-refractivity contribution in [3.8, 4) is 11.1 Å². The maximum absolute atomic E-state index is 2.41. The highest BCUT2D eigenvalue weighted by Crippen LogP contribution is 2.46. The van der Waals surface area contributed by atoms with Crippen molar-refractivity contribution in [1.29, 1.82) is 0 Å². The quantitative estimate of drug-likeness (QED) is 0.136. The van der Waals surface area contributed by atoms with E-state index in [1.165, 1.54) is 54.2 Å². The summed E-state index contributed by atoms with van der Waals surface area (Å²) in [4.78, 5) is 7.19. The van der Waals surface area contributed by atoms with E-state index in [4.69, 9.17) is 0 Å². The molecule has 0 saturated carbocycles. The highest BCUT2D eigenvalue weighted by atomic mass is 15.2. The Morgan fingerprint density at radius 1 is 0.164 bits per heavy atom. The monoisotopic (exact) mass is 855 g/mol. The maximum atomic E-state index is 2.41. The first-order valence-corrected chi connectivity index (χ1v) is 22.9. The van der Waals surface area contributed by atoms with Crippen LogP contribution in [0.4, 0.5) is 51.2 Å². The molecule has 12 rings (SSSR count). The Balaban J connectivity index is 0.998. The van der Waals surface area contributed by atoms with E-state index in [2.05, 4.69) is 288 Å². The Labute approximate surface area is 391 Å². The van der Waals surface area contributed by atoms with E-state index >= 15 is 0 Å². The van der Waals surface area contributed by atoms with Crippen LogP contribution in [0.3, 0.4) is 0 Å². The lowest BCUT2D eigenvalue weighted by Crippen LogP contribution is -2.13. The number of benzene rings is 12. The normalized spacial score (nSPS) is 11.3. The fourth-order valence-corrected chi connectivity index (χ4v) is 9.81. The van der Waals surface area contributed by atoms with Gasteiger partial charge in [-0.2, -0.15) is 0 Å². The molecule has 12 aromatic rings. The lowest BCUT2D eigenvalue weighted by atomic mass is 10.0. The molecule has 3 nitrogen and oxygen atoms in total. The fourth-order valence-electron chi connectivity index (χ4n) is 9.81. The van der Waals surface area contributed by atoms with Crippen LogP contribution in [0.15, 0.2) is 273 Å². The van der Waals surface area contributed by atoms with E-state index in [9.17, 15) is 0 Å². The Morgan fingerprint density at radius 3 is 0.731 bits per heavy atom. The SMILES string of the molecule is c1ccc(-c2ccc(N(c3ccc(N(c4cccc5ccccc45)c4cccc5ccccc45)cc3)c3ccc(N(c4cccc5ccccc45)c4cccc5ccccc45)cc3)cc2)cc1. The number of hydrogen-bond acceptors (Lipinski definition) is 3. The van der Waals surface area contributed by atoms with Gasteiger partial charge in [0.15, 0.2) is 0 Å². The minimum atomic E-state index is 1.06. The molecule has 0 saturated heterocycles. The molecule has 0 aliphatic carbocycles. The van der Waals surface area contributed by atoms with Gasteiger partial charge in [0.1, 0.15) is 0 Å². The van der Waals surface area contributed by atoms with E-state index in [1.807, 2.05) is 0 Å². The van der Waals surface area contributed by atoms with Crippen LogP contribution < -0.4 is 14.7 Å². The molecular weight excluding hydrogens is 811 g/mol. The first kappa shape index (κ1) is 39.7. The molecule has 12 aromatic carbocycles. The van der Waals surface area contributed by atoms with Crippen molar-refractivity contribution in [2.24, 2.45) is 0 Å². The van der Waals surface area contributed by atoms with Crippen molar-refractivity contribution in [2.45, 2.75) is 0 Å². The largest absolute Gasteiger partial charge is 0.311 e. The number of fused-ring (bicyclic) bond motifs is 4. The molecule has 0 aliphatic rings. The van der Waals surface area contributed by atoms with Crippen LogP contribution in [0.2, 0.25) is 0 Å². The molecule has 0 heterocycles. The molecule has 0 spiro atoms. The zero-order valence-electron chi connectivity index (χ0n) is 36.8. The molecule has 316 valence electrons. The van der Waals surface area contributed by atoms with Gasteiger partial charge >= 0.3 is 0 Å². The van der Waals surface area contributed by atoms with Crippen LogP contribution in [0.1, 0.15) is 0 Å². The van der Waals surface area contributed by atoms with Gasteiger partial charge in [-0.05, 0) is 118 Å². The molecule has 0 N–H and O–H groups in total. The van der Waals surface area contributed by atoms with Gasteiger partial charge in [0.2, 0.25) is 0 Å². The van der Waals surface area contributed by atoms with E-state index < -0.39 is 0 Å². The van der Waals surface area contributed by atoms with Crippen LogP contribution >= 0.6 is 0 Å². The average Bonchev–Trinajstić information content (AvgIpc) is 3.40. The molecule has 3 heteroatoms. The molecule has 0 atom stereocenters. The second kappa shape index (κ2) is 17.2. The standard InChI is InChI=1S/C64H45N3/c1-2-16-46(17-3-1)47-34-36-52(37-35-47)65(53-38-42-55(43-39-53)66(61-30-12-22-48-18-4-8-26-57(48)61)62-31-13-23-49-19-5-9-27-58(49)62)54-40-44-56(45-41-54)67(63-32-14-24-50-20-6-10-28-59(50)63)64-33-15-25-51-21-7-11-29-60(51)64/h1-45H. The molecule has 0 aromatic heterocycles. The Kier molecular flexibility index (Phi) is 10.2. The minimum Gasteiger partial charge on any atom is -0.311 e. The third-order valence-electron chi connectivity index (χ3n) is 13.0. The van der Waals surface area contributed by atoms with Crippen molar-refractivity contribution < 1.29 is 0 Å². The summed E-state index contributed by atoms with van der Waals surface area (Å²) in [6.45, 7) is 0. The lowest BCUT2D eigenvalue weighted by molar-refractivity contribution is 1.26. The van der Waals surface area contributed by atoms with Gasteiger partial charge in [0, 0.05) is 50.0 Å². The number of nitrogens with zero attached hydrogens (tertiary/aromatic N) is 3. The maximum Gasteiger partial charge on any atom is 0.0540 e. The zero-order valence-corrected chi connectivity index (χ0v) is 36.8. The van der Waals surface area contributed by atoms with Gasteiger partial charge in [-0.15, -0.1) is 0 Å². The highest BCUT2D eigenvalue weighted by Gasteiger charge is 2.22. The van der Waals surface area contributed by atoms with Crippen molar-refractivity contribution in [3.63, 3.8) is 0 Å². The van der Waals surface area contributed by atoms with Gasteiger partial charge < -0.3 is 14.7 Å².